The number of piperidine rings is 1. The quantitative estimate of drug-likeness (QED) is 0.554. The fourth-order valence-corrected chi connectivity index (χ4v) is 4.40. The smallest absolute Gasteiger partial charge is 0.288 e. The molecule has 0 saturated carbocycles. The lowest BCUT2D eigenvalue weighted by Gasteiger charge is -2.34. The first-order valence-corrected chi connectivity index (χ1v) is 10.7. The van der Waals surface area contributed by atoms with Crippen LogP contribution in [0.2, 0.25) is 0 Å². The van der Waals surface area contributed by atoms with Gasteiger partial charge >= 0.3 is 0 Å². The molecule has 0 radical (unpaired) electrons. The number of sulfone groups is 1. The lowest BCUT2D eigenvalue weighted by atomic mass is 9.90. The number of benzene rings is 2. The van der Waals surface area contributed by atoms with E-state index in [1.807, 2.05) is 4.90 Å². The van der Waals surface area contributed by atoms with Gasteiger partial charge in [0.2, 0.25) is 0 Å². The van der Waals surface area contributed by atoms with Gasteiger partial charge in [-0.15, -0.1) is 0 Å². The van der Waals surface area contributed by atoms with E-state index in [0.29, 0.717) is 31.1 Å². The summed E-state index contributed by atoms with van der Waals surface area (Å²) in [5.74, 6) is -1.42. The fraction of sp³-hybridized carbons (Fsp3) is 0.368. The van der Waals surface area contributed by atoms with E-state index >= 15 is 0 Å². The van der Waals surface area contributed by atoms with Crippen LogP contribution >= 0.6 is 0 Å². The Balaban J connectivity index is 1.71. The largest absolute Gasteiger partial charge is 0.371 e. The summed E-state index contributed by atoms with van der Waals surface area (Å²) in [6.07, 6.45) is 3.18. The van der Waals surface area contributed by atoms with Crippen LogP contribution in [0.3, 0.4) is 0 Å². The summed E-state index contributed by atoms with van der Waals surface area (Å²) in [4.78, 5) is 12.1. The molecule has 6 nitrogen and oxygen atoms in total. The molecule has 0 amide bonds. The van der Waals surface area contributed by atoms with Crippen LogP contribution in [0.1, 0.15) is 18.4 Å². The summed E-state index contributed by atoms with van der Waals surface area (Å²) in [5, 5.41) is 11.1. The molecule has 1 saturated heterocycles. The first-order chi connectivity index (χ1) is 13.1. The molecule has 0 bridgehead atoms. The van der Waals surface area contributed by atoms with Gasteiger partial charge in [0.1, 0.15) is 4.90 Å². The summed E-state index contributed by atoms with van der Waals surface area (Å²) in [6, 6.07) is 8.06. The van der Waals surface area contributed by atoms with E-state index in [2.05, 4.69) is 0 Å². The molecule has 0 aromatic heterocycles. The Hall–Kier alpha value is -2.55. The first kappa shape index (κ1) is 20.2. The number of nitro groups is 1. The van der Waals surface area contributed by atoms with Gasteiger partial charge in [0.25, 0.3) is 5.69 Å². The highest BCUT2D eigenvalue weighted by molar-refractivity contribution is 7.90. The van der Waals surface area contributed by atoms with Crippen LogP contribution in [-0.4, -0.2) is 32.7 Å². The summed E-state index contributed by atoms with van der Waals surface area (Å²) in [6.45, 7) is 1.30. The molecule has 0 atom stereocenters. The highest BCUT2D eigenvalue weighted by atomic mass is 32.2. The van der Waals surface area contributed by atoms with E-state index in [9.17, 15) is 27.3 Å². The molecule has 1 aliphatic rings. The van der Waals surface area contributed by atoms with Crippen LogP contribution in [-0.2, 0) is 16.3 Å². The molecular formula is C19H20F2N2O4S. The molecule has 1 aliphatic heterocycles. The second kappa shape index (κ2) is 7.83. The molecule has 0 spiro atoms. The van der Waals surface area contributed by atoms with Gasteiger partial charge in [0, 0.05) is 31.1 Å². The van der Waals surface area contributed by atoms with Crippen molar-refractivity contribution >= 4 is 21.2 Å². The SMILES string of the molecule is CS(=O)(=O)c1cc(N2CCC(Cc3ccc(F)c(F)c3)CC2)ccc1[N+](=O)[O-]. The molecule has 28 heavy (non-hydrogen) atoms. The molecule has 1 fully saturated rings. The van der Waals surface area contributed by atoms with Crippen molar-refractivity contribution in [2.45, 2.75) is 24.2 Å². The zero-order chi connectivity index (χ0) is 20.5. The van der Waals surface area contributed by atoms with Crippen molar-refractivity contribution in [3.63, 3.8) is 0 Å². The lowest BCUT2D eigenvalue weighted by Crippen LogP contribution is -2.34. The lowest BCUT2D eigenvalue weighted by molar-refractivity contribution is -0.387. The molecule has 150 valence electrons. The second-order valence-corrected chi connectivity index (χ2v) is 9.05. The minimum absolute atomic E-state index is 0.293. The molecule has 0 unspecified atom stereocenters. The first-order valence-electron chi connectivity index (χ1n) is 8.82. The Morgan fingerprint density at radius 3 is 2.36 bits per heavy atom. The van der Waals surface area contributed by atoms with E-state index in [1.165, 1.54) is 18.2 Å². The molecule has 9 heteroatoms. The zero-order valence-corrected chi connectivity index (χ0v) is 16.1. The van der Waals surface area contributed by atoms with Gasteiger partial charge < -0.3 is 4.90 Å². The summed E-state index contributed by atoms with van der Waals surface area (Å²) in [7, 11) is -3.73. The minimum Gasteiger partial charge on any atom is -0.371 e. The Morgan fingerprint density at radius 1 is 1.11 bits per heavy atom. The maximum atomic E-state index is 13.4. The van der Waals surface area contributed by atoms with Crippen LogP contribution < -0.4 is 4.90 Å². The third kappa shape index (κ3) is 4.46. The summed E-state index contributed by atoms with van der Waals surface area (Å²) in [5.41, 5.74) is 0.934. The Morgan fingerprint density at radius 2 is 1.79 bits per heavy atom. The molecule has 1 heterocycles. The van der Waals surface area contributed by atoms with Gasteiger partial charge in [0.05, 0.1) is 4.92 Å². The summed E-state index contributed by atoms with van der Waals surface area (Å²) >= 11 is 0. The third-order valence-corrected chi connectivity index (χ3v) is 6.15. The maximum Gasteiger partial charge on any atom is 0.288 e. The van der Waals surface area contributed by atoms with E-state index in [1.54, 1.807) is 12.1 Å². The predicted molar refractivity (Wildman–Crippen MR) is 101 cm³/mol. The number of hydrogen-bond donors (Lipinski definition) is 0. The molecule has 2 aromatic carbocycles. The molecule has 2 aromatic rings. The van der Waals surface area contributed by atoms with Gasteiger partial charge in [-0.3, -0.25) is 10.1 Å². The highest BCUT2D eigenvalue weighted by Gasteiger charge is 2.26. The predicted octanol–water partition coefficient (Wildman–Crippen LogP) is 3.74. The minimum atomic E-state index is -3.73. The van der Waals surface area contributed by atoms with E-state index in [0.717, 1.165) is 30.7 Å². The number of rotatable bonds is 5. The normalized spacial score (nSPS) is 15.6. The van der Waals surface area contributed by atoms with Crippen LogP contribution in [0.4, 0.5) is 20.2 Å². The standard InChI is InChI=1S/C19H20F2N2O4S/c1-28(26,27)19-12-15(3-5-18(19)23(24)25)22-8-6-13(7-9-22)10-14-2-4-16(20)17(21)11-14/h2-5,11-13H,6-10H2,1H3. The van der Waals surface area contributed by atoms with Crippen molar-refractivity contribution in [3.05, 3.63) is 63.7 Å². The van der Waals surface area contributed by atoms with Gasteiger partial charge in [-0.25, -0.2) is 17.2 Å². The molecule has 0 N–H and O–H groups in total. The van der Waals surface area contributed by atoms with Gasteiger partial charge in [-0.05, 0) is 55.0 Å². The Labute approximate surface area is 161 Å². The Kier molecular flexibility index (Phi) is 5.64. The Bertz CT molecular complexity index is 1000. The van der Waals surface area contributed by atoms with Crippen molar-refractivity contribution in [3.8, 4) is 0 Å². The van der Waals surface area contributed by atoms with Crippen molar-refractivity contribution < 1.29 is 22.1 Å². The van der Waals surface area contributed by atoms with E-state index < -0.39 is 32.1 Å². The van der Waals surface area contributed by atoms with Crippen molar-refractivity contribution in [1.82, 2.24) is 0 Å². The number of anilines is 1. The zero-order valence-electron chi connectivity index (χ0n) is 15.3. The molecule has 3 rings (SSSR count). The van der Waals surface area contributed by atoms with Crippen LogP contribution in [0.15, 0.2) is 41.3 Å². The topological polar surface area (TPSA) is 80.5 Å². The number of nitrogens with zero attached hydrogens (tertiary/aromatic N) is 2. The molecular weight excluding hydrogens is 390 g/mol. The second-order valence-electron chi connectivity index (χ2n) is 7.06. The van der Waals surface area contributed by atoms with E-state index in [-0.39, 0.29) is 4.90 Å². The van der Waals surface area contributed by atoms with Crippen molar-refractivity contribution in [2.24, 2.45) is 5.92 Å². The number of hydrogen-bond acceptors (Lipinski definition) is 5. The highest BCUT2D eigenvalue weighted by Crippen LogP contribution is 2.31. The van der Waals surface area contributed by atoms with E-state index in [4.69, 9.17) is 0 Å². The van der Waals surface area contributed by atoms with Gasteiger partial charge in [0.15, 0.2) is 21.5 Å². The number of nitro benzene ring substituents is 1. The van der Waals surface area contributed by atoms with Gasteiger partial charge in [-0.2, -0.15) is 0 Å². The summed E-state index contributed by atoms with van der Waals surface area (Å²) < 4.78 is 50.2. The van der Waals surface area contributed by atoms with Crippen molar-refractivity contribution in [2.75, 3.05) is 24.2 Å². The van der Waals surface area contributed by atoms with Crippen molar-refractivity contribution in [1.29, 1.82) is 0 Å². The maximum absolute atomic E-state index is 13.4. The van der Waals surface area contributed by atoms with Crippen LogP contribution in [0.5, 0.6) is 0 Å². The van der Waals surface area contributed by atoms with Crippen LogP contribution in [0.25, 0.3) is 0 Å². The average Bonchev–Trinajstić information content (AvgIpc) is 2.64. The van der Waals surface area contributed by atoms with Gasteiger partial charge in [-0.1, -0.05) is 6.07 Å². The fourth-order valence-electron chi connectivity index (χ4n) is 3.54. The third-order valence-electron chi connectivity index (χ3n) is 5.03. The number of halogens is 2. The average molecular weight is 410 g/mol. The molecule has 0 aliphatic carbocycles. The van der Waals surface area contributed by atoms with Crippen LogP contribution in [0, 0.1) is 27.7 Å². The monoisotopic (exact) mass is 410 g/mol.